The van der Waals surface area contributed by atoms with Gasteiger partial charge in [-0.15, -0.1) is 6.42 Å². The highest BCUT2D eigenvalue weighted by Crippen LogP contribution is 2.23. The summed E-state index contributed by atoms with van der Waals surface area (Å²) < 4.78 is 0. The minimum atomic E-state index is -0.0781. The average Bonchev–Trinajstić information content (AvgIpc) is 2.58. The van der Waals surface area contributed by atoms with Crippen LogP contribution in [-0.2, 0) is 0 Å². The predicted molar refractivity (Wildman–Crippen MR) is 54.8 cm³/mol. The van der Waals surface area contributed by atoms with Crippen molar-refractivity contribution >= 4 is 0 Å². The van der Waals surface area contributed by atoms with Gasteiger partial charge in [-0.2, -0.15) is 0 Å². The Bertz CT molecular complexity index is 199. The molecule has 3 heteroatoms. The molecular formula is C10H19N3. The summed E-state index contributed by atoms with van der Waals surface area (Å²) >= 11 is 0. The summed E-state index contributed by atoms with van der Waals surface area (Å²) in [5.41, 5.74) is 2.65. The summed E-state index contributed by atoms with van der Waals surface area (Å²) in [4.78, 5) is 2.40. The van der Waals surface area contributed by atoms with Crippen molar-refractivity contribution in [2.45, 2.75) is 38.3 Å². The van der Waals surface area contributed by atoms with Crippen LogP contribution in [0.3, 0.4) is 0 Å². The van der Waals surface area contributed by atoms with E-state index >= 15 is 0 Å². The molecular weight excluding hydrogens is 162 g/mol. The van der Waals surface area contributed by atoms with Gasteiger partial charge in [-0.25, -0.2) is 5.43 Å². The van der Waals surface area contributed by atoms with Gasteiger partial charge in [-0.05, 0) is 39.8 Å². The minimum absolute atomic E-state index is 0.0417. The van der Waals surface area contributed by atoms with Gasteiger partial charge in [-0.1, -0.05) is 5.92 Å². The average molecular weight is 181 g/mol. The van der Waals surface area contributed by atoms with E-state index in [0.717, 1.165) is 13.1 Å². The summed E-state index contributed by atoms with van der Waals surface area (Å²) in [5, 5.41) is 0. The van der Waals surface area contributed by atoms with Gasteiger partial charge in [-0.3, -0.25) is 10.7 Å². The first kappa shape index (κ1) is 10.5. The van der Waals surface area contributed by atoms with Gasteiger partial charge in [0.05, 0.1) is 6.04 Å². The molecule has 13 heavy (non-hydrogen) atoms. The third-order valence-electron chi connectivity index (χ3n) is 2.96. The lowest BCUT2D eigenvalue weighted by molar-refractivity contribution is 0.129. The van der Waals surface area contributed by atoms with E-state index < -0.39 is 0 Å². The Morgan fingerprint density at radius 2 is 2.00 bits per heavy atom. The first-order valence-corrected chi connectivity index (χ1v) is 4.80. The Labute approximate surface area is 80.6 Å². The summed E-state index contributed by atoms with van der Waals surface area (Å²) in [7, 11) is 0. The zero-order valence-corrected chi connectivity index (χ0v) is 8.51. The van der Waals surface area contributed by atoms with Crippen LogP contribution in [0.25, 0.3) is 0 Å². The van der Waals surface area contributed by atoms with Gasteiger partial charge in [0.2, 0.25) is 0 Å². The highest BCUT2D eigenvalue weighted by Gasteiger charge is 2.35. The van der Waals surface area contributed by atoms with Crippen LogP contribution >= 0.6 is 0 Å². The summed E-state index contributed by atoms with van der Waals surface area (Å²) in [5.74, 6) is 8.11. The van der Waals surface area contributed by atoms with Gasteiger partial charge >= 0.3 is 0 Å². The maximum Gasteiger partial charge on any atom is 0.0992 e. The van der Waals surface area contributed by atoms with Crippen LogP contribution in [0.1, 0.15) is 26.7 Å². The smallest absolute Gasteiger partial charge is 0.0992 e. The summed E-state index contributed by atoms with van der Waals surface area (Å²) in [6.07, 6.45) is 7.96. The molecule has 0 aromatic rings. The number of likely N-dealkylation sites (tertiary alicyclic amines) is 1. The second-order valence-electron chi connectivity index (χ2n) is 4.11. The van der Waals surface area contributed by atoms with Crippen LogP contribution in [0, 0.1) is 12.3 Å². The van der Waals surface area contributed by atoms with Crippen LogP contribution < -0.4 is 11.3 Å². The molecule has 1 saturated heterocycles. The molecule has 1 aliphatic rings. The van der Waals surface area contributed by atoms with Gasteiger partial charge in [0, 0.05) is 5.54 Å². The molecule has 0 bridgehead atoms. The van der Waals surface area contributed by atoms with Crippen LogP contribution in [0.2, 0.25) is 0 Å². The molecule has 1 rings (SSSR count). The number of rotatable bonds is 3. The van der Waals surface area contributed by atoms with Crippen molar-refractivity contribution in [1.82, 2.24) is 10.3 Å². The zero-order valence-electron chi connectivity index (χ0n) is 8.51. The molecule has 74 valence electrons. The third kappa shape index (κ3) is 2.02. The number of nitrogens with zero attached hydrogens (tertiary/aromatic N) is 1. The number of hydrogen-bond acceptors (Lipinski definition) is 3. The molecule has 0 amide bonds. The normalized spacial score (nSPS) is 21.4. The maximum atomic E-state index is 5.42. The van der Waals surface area contributed by atoms with Crippen molar-refractivity contribution in [3.63, 3.8) is 0 Å². The van der Waals surface area contributed by atoms with Crippen LogP contribution in [0.15, 0.2) is 0 Å². The third-order valence-corrected chi connectivity index (χ3v) is 2.96. The molecule has 0 radical (unpaired) electrons. The van der Waals surface area contributed by atoms with E-state index in [1.165, 1.54) is 12.8 Å². The quantitative estimate of drug-likeness (QED) is 0.374. The topological polar surface area (TPSA) is 41.3 Å². The van der Waals surface area contributed by atoms with E-state index in [9.17, 15) is 0 Å². The highest BCUT2D eigenvalue weighted by atomic mass is 15.3. The number of hydrazine groups is 1. The van der Waals surface area contributed by atoms with Crippen molar-refractivity contribution in [3.05, 3.63) is 0 Å². The zero-order chi connectivity index (χ0) is 9.90. The second-order valence-corrected chi connectivity index (χ2v) is 4.11. The standard InChI is InChI=1S/C10H19N3/c1-4-9(12-11)10(2,3)13-7-5-6-8-13/h1,9,12H,5-8,11H2,2-3H3. The molecule has 1 atom stereocenters. The van der Waals surface area contributed by atoms with Crippen LogP contribution in [0.5, 0.6) is 0 Å². The van der Waals surface area contributed by atoms with Crippen molar-refractivity contribution in [3.8, 4) is 12.3 Å². The van der Waals surface area contributed by atoms with E-state index in [0.29, 0.717) is 0 Å². The SMILES string of the molecule is C#CC(NN)C(C)(C)N1CCCC1. The molecule has 0 saturated carbocycles. The summed E-state index contributed by atoms with van der Waals surface area (Å²) in [6, 6.07) is -0.0781. The number of terminal acetylenes is 1. The monoisotopic (exact) mass is 181 g/mol. The van der Waals surface area contributed by atoms with E-state index in [-0.39, 0.29) is 11.6 Å². The summed E-state index contributed by atoms with van der Waals surface area (Å²) in [6.45, 7) is 6.55. The molecule has 1 fully saturated rings. The van der Waals surface area contributed by atoms with Crippen molar-refractivity contribution in [2.24, 2.45) is 5.84 Å². The largest absolute Gasteiger partial charge is 0.296 e. The number of nitrogens with one attached hydrogen (secondary N) is 1. The van der Waals surface area contributed by atoms with E-state index in [4.69, 9.17) is 12.3 Å². The number of hydrogen-bond donors (Lipinski definition) is 2. The predicted octanol–water partition coefficient (Wildman–Crippen LogP) is 0.326. The molecule has 1 unspecified atom stereocenters. The lowest BCUT2D eigenvalue weighted by atomic mass is 9.94. The maximum absolute atomic E-state index is 5.42. The van der Waals surface area contributed by atoms with E-state index in [1.54, 1.807) is 0 Å². The lowest BCUT2D eigenvalue weighted by Gasteiger charge is -2.39. The van der Waals surface area contributed by atoms with Crippen molar-refractivity contribution < 1.29 is 0 Å². The molecule has 3 N–H and O–H groups in total. The van der Waals surface area contributed by atoms with Gasteiger partial charge in [0.15, 0.2) is 0 Å². The molecule has 0 spiro atoms. The Kier molecular flexibility index (Phi) is 3.32. The molecule has 0 aromatic heterocycles. The Hall–Kier alpha value is -0.560. The van der Waals surface area contributed by atoms with Gasteiger partial charge < -0.3 is 0 Å². The molecule has 3 nitrogen and oxygen atoms in total. The Morgan fingerprint density at radius 1 is 1.46 bits per heavy atom. The molecule has 0 aromatic carbocycles. The van der Waals surface area contributed by atoms with Crippen LogP contribution in [0.4, 0.5) is 0 Å². The Morgan fingerprint density at radius 3 is 2.38 bits per heavy atom. The fourth-order valence-electron chi connectivity index (χ4n) is 1.93. The molecule has 1 aliphatic heterocycles. The fourth-order valence-corrected chi connectivity index (χ4v) is 1.93. The first-order valence-electron chi connectivity index (χ1n) is 4.80. The van der Waals surface area contributed by atoms with Crippen LogP contribution in [-0.4, -0.2) is 29.6 Å². The highest BCUT2D eigenvalue weighted by molar-refractivity contribution is 5.10. The first-order chi connectivity index (χ1) is 6.12. The van der Waals surface area contributed by atoms with Gasteiger partial charge in [0.1, 0.15) is 0 Å². The molecule has 0 aliphatic carbocycles. The lowest BCUT2D eigenvalue weighted by Crippen LogP contribution is -2.58. The van der Waals surface area contributed by atoms with E-state index in [1.807, 2.05) is 0 Å². The Balaban J connectivity index is 2.67. The number of nitrogens with two attached hydrogens (primary N) is 1. The molecule has 1 heterocycles. The second kappa shape index (κ2) is 4.10. The minimum Gasteiger partial charge on any atom is -0.296 e. The van der Waals surface area contributed by atoms with E-state index in [2.05, 4.69) is 30.1 Å². The van der Waals surface area contributed by atoms with Gasteiger partial charge in [0.25, 0.3) is 0 Å². The van der Waals surface area contributed by atoms with Crippen molar-refractivity contribution in [2.75, 3.05) is 13.1 Å². The van der Waals surface area contributed by atoms with Crippen molar-refractivity contribution in [1.29, 1.82) is 0 Å². The fraction of sp³-hybridized carbons (Fsp3) is 0.800.